The third kappa shape index (κ3) is 7.48. The van der Waals surface area contributed by atoms with E-state index < -0.39 is 89.9 Å². The lowest BCUT2D eigenvalue weighted by atomic mass is 9.71. The summed E-state index contributed by atoms with van der Waals surface area (Å²) >= 11 is 0. The number of esters is 1. The molecule has 2 saturated carbocycles. The van der Waals surface area contributed by atoms with Gasteiger partial charge in [0.15, 0.2) is 0 Å². The molecule has 0 aromatic heterocycles. The molecular formula is C28H36F6N4O6. The van der Waals surface area contributed by atoms with Gasteiger partial charge in [-0.1, -0.05) is 19.3 Å². The van der Waals surface area contributed by atoms with Crippen molar-refractivity contribution in [1.82, 2.24) is 20.9 Å². The Morgan fingerprint density at radius 1 is 1.09 bits per heavy atom. The van der Waals surface area contributed by atoms with Crippen molar-refractivity contribution in [2.75, 3.05) is 13.2 Å². The Kier molecular flexibility index (Phi) is 10.2. The summed E-state index contributed by atoms with van der Waals surface area (Å²) in [6, 6.07) is -6.15. The summed E-state index contributed by atoms with van der Waals surface area (Å²) in [6.45, 7) is 1.58. The van der Waals surface area contributed by atoms with Gasteiger partial charge >= 0.3 is 18.1 Å². The molecule has 2 aliphatic carbocycles. The third-order valence-corrected chi connectivity index (χ3v) is 8.96. The summed E-state index contributed by atoms with van der Waals surface area (Å²) in [5, 5.41) is 6.69. The van der Waals surface area contributed by atoms with Gasteiger partial charge in [-0.25, -0.2) is 13.6 Å². The van der Waals surface area contributed by atoms with E-state index in [9.17, 15) is 41.5 Å². The van der Waals surface area contributed by atoms with Crippen LogP contribution in [0.3, 0.4) is 0 Å². The largest absolute Gasteiger partial charge is 0.471 e. The second kappa shape index (κ2) is 13.3. The summed E-state index contributed by atoms with van der Waals surface area (Å²) < 4.78 is 89.1. The van der Waals surface area contributed by atoms with Crippen molar-refractivity contribution in [2.45, 2.75) is 101 Å². The highest BCUT2D eigenvalue weighted by atomic mass is 19.4. The molecule has 0 aromatic carbocycles. The lowest BCUT2D eigenvalue weighted by Gasteiger charge is -2.54. The molecule has 3 heterocycles. The van der Waals surface area contributed by atoms with Gasteiger partial charge in [-0.3, -0.25) is 19.2 Å². The first-order valence-electron chi connectivity index (χ1n) is 14.8. The quantitative estimate of drug-likeness (QED) is 0.181. The van der Waals surface area contributed by atoms with Crippen molar-refractivity contribution in [3.05, 3.63) is 11.9 Å². The summed E-state index contributed by atoms with van der Waals surface area (Å²) in [4.78, 5) is 64.4. The van der Waals surface area contributed by atoms with Crippen LogP contribution >= 0.6 is 0 Å². The van der Waals surface area contributed by atoms with Crippen LogP contribution in [0.25, 0.3) is 0 Å². The fourth-order valence-electron chi connectivity index (χ4n) is 6.59. The van der Waals surface area contributed by atoms with E-state index in [0.717, 1.165) is 11.3 Å². The zero-order valence-electron chi connectivity index (χ0n) is 24.1. The molecule has 3 saturated heterocycles. The molecule has 6 atom stereocenters. The second-order valence-electron chi connectivity index (χ2n) is 11.9. The number of nitrogens with one attached hydrogen (secondary N) is 3. The second-order valence-corrected chi connectivity index (χ2v) is 11.9. The Balaban J connectivity index is 1.64. The molecule has 5 aliphatic rings. The molecule has 3 aliphatic heterocycles. The van der Waals surface area contributed by atoms with Crippen LogP contribution in [0.1, 0.15) is 64.7 Å². The first kappa shape index (κ1) is 33.6. The minimum Gasteiger partial charge on any atom is -0.461 e. The van der Waals surface area contributed by atoms with Gasteiger partial charge < -0.3 is 25.6 Å². The van der Waals surface area contributed by atoms with E-state index in [1.807, 2.05) is 0 Å². The number of nitrogens with zero attached hydrogens (tertiary/aromatic N) is 1. The van der Waals surface area contributed by atoms with Crippen LogP contribution in [0.5, 0.6) is 0 Å². The minimum absolute atomic E-state index is 0.0577. The van der Waals surface area contributed by atoms with Gasteiger partial charge in [0.25, 0.3) is 5.92 Å². The number of halogens is 6. The first-order chi connectivity index (χ1) is 20.6. The molecule has 44 heavy (non-hydrogen) atoms. The van der Waals surface area contributed by atoms with Gasteiger partial charge in [-0.05, 0) is 51.0 Å². The van der Waals surface area contributed by atoms with Gasteiger partial charge in [0.05, 0.1) is 18.6 Å². The molecule has 0 spiro atoms. The number of carbonyl (C=O) groups is 5. The van der Waals surface area contributed by atoms with Gasteiger partial charge in [0.2, 0.25) is 23.5 Å². The Hall–Kier alpha value is -3.33. The molecule has 16 heteroatoms. The number of amides is 4. The van der Waals surface area contributed by atoms with Crippen molar-refractivity contribution in [2.24, 2.45) is 17.8 Å². The van der Waals surface area contributed by atoms with Crippen LogP contribution in [0.2, 0.25) is 0 Å². The van der Waals surface area contributed by atoms with Crippen LogP contribution in [-0.2, 0) is 28.7 Å². The predicted octanol–water partition coefficient (Wildman–Crippen LogP) is 2.67. The highest BCUT2D eigenvalue weighted by molar-refractivity contribution is 5.94. The fraction of sp³-hybridized carbons (Fsp3) is 0.750. The highest BCUT2D eigenvalue weighted by Crippen LogP contribution is 2.49. The molecule has 0 radical (unpaired) electrons. The van der Waals surface area contributed by atoms with Crippen molar-refractivity contribution >= 4 is 29.6 Å². The number of rotatable bonds is 11. The summed E-state index contributed by atoms with van der Waals surface area (Å²) in [5.74, 6) is -13.7. The first-order valence-corrected chi connectivity index (χ1v) is 14.8. The van der Waals surface area contributed by atoms with Crippen molar-refractivity contribution < 1.29 is 55.1 Å². The van der Waals surface area contributed by atoms with Crippen molar-refractivity contribution in [1.29, 1.82) is 0 Å². The summed E-state index contributed by atoms with van der Waals surface area (Å²) in [5.41, 5.74) is 0. The van der Waals surface area contributed by atoms with E-state index in [2.05, 4.69) is 15.4 Å². The topological polar surface area (TPSA) is 134 Å². The zero-order chi connectivity index (χ0) is 32.4. The molecule has 5 rings (SSSR count). The maximum atomic E-state index is 15.2. The van der Waals surface area contributed by atoms with Gasteiger partial charge in [-0.15, -0.1) is 0 Å². The molecule has 0 aromatic rings. The monoisotopic (exact) mass is 638 g/mol. The molecular weight excluding hydrogens is 602 g/mol. The molecule has 2 bridgehead atoms. The lowest BCUT2D eigenvalue weighted by Crippen LogP contribution is -2.71. The van der Waals surface area contributed by atoms with E-state index in [-0.39, 0.29) is 38.2 Å². The molecule has 5 fully saturated rings. The zero-order valence-corrected chi connectivity index (χ0v) is 24.1. The summed E-state index contributed by atoms with van der Waals surface area (Å²) in [7, 11) is 0. The smallest absolute Gasteiger partial charge is 0.461 e. The average Bonchev–Trinajstić information content (AvgIpc) is 3.31. The Labute approximate surface area is 249 Å². The number of hydrogen-bond donors (Lipinski definition) is 3. The molecule has 3 N–H and O–H groups in total. The maximum absolute atomic E-state index is 15.2. The Bertz CT molecular complexity index is 1180. The van der Waals surface area contributed by atoms with Crippen molar-refractivity contribution in [3.8, 4) is 0 Å². The number of piperidine rings is 2. The molecule has 246 valence electrons. The van der Waals surface area contributed by atoms with Crippen LogP contribution in [-0.4, -0.2) is 83.9 Å². The van der Waals surface area contributed by atoms with E-state index >= 15 is 8.78 Å². The normalized spacial score (nSPS) is 28.0. The Morgan fingerprint density at radius 3 is 2.34 bits per heavy atom. The van der Waals surface area contributed by atoms with Crippen LogP contribution in [0.4, 0.5) is 26.3 Å². The van der Waals surface area contributed by atoms with E-state index in [0.29, 0.717) is 31.9 Å². The van der Waals surface area contributed by atoms with E-state index in [1.165, 1.54) is 6.92 Å². The number of ether oxygens (including phenoxy) is 1. The van der Waals surface area contributed by atoms with Gasteiger partial charge in [0, 0.05) is 24.9 Å². The number of hydrogen-bond acceptors (Lipinski definition) is 6. The highest BCUT2D eigenvalue weighted by Gasteiger charge is 2.61. The number of fused-ring (bicyclic) bond motifs is 3. The SMILES string of the molecule is CCOC(=O)/C(F)=C\[C@H](C[C@@H]1CCNC1=O)NC(=O)[C@H]1[C@H]2CC[C@H](CC2(F)F)N1C(=O)[C@@H](CC1CCC1)NC(=O)C(F)(F)F. The number of carbonyl (C=O) groups excluding carboxylic acids is 5. The third-order valence-electron chi connectivity index (χ3n) is 8.96. The van der Waals surface area contributed by atoms with Crippen LogP contribution < -0.4 is 16.0 Å². The Morgan fingerprint density at radius 2 is 1.80 bits per heavy atom. The molecule has 10 nitrogen and oxygen atoms in total. The van der Waals surface area contributed by atoms with Crippen molar-refractivity contribution in [3.63, 3.8) is 0 Å². The average molecular weight is 639 g/mol. The molecule has 4 amide bonds. The number of alkyl halides is 5. The maximum Gasteiger partial charge on any atom is 0.471 e. The minimum atomic E-state index is -5.31. The van der Waals surface area contributed by atoms with Crippen LogP contribution in [0.15, 0.2) is 11.9 Å². The van der Waals surface area contributed by atoms with Gasteiger partial charge in [-0.2, -0.15) is 17.6 Å². The fourth-order valence-corrected chi connectivity index (χ4v) is 6.59. The standard InChI is InChI=1S/C28H36F6N4O6/c1-2-44-25(42)19(29)12-16(11-15-8-9-35-22(15)39)36-23(40)21-18-7-6-17(13-27(18,30)31)38(21)24(41)20(10-14-4-3-5-14)37-26(43)28(32,33)34/h12,14-18,20-21H,2-11,13H2,1H3,(H,35,39)(H,36,40)(H,37,43)/b19-12+/t15-,16-,17+,18+,20+,21+/m0/s1. The van der Waals surface area contributed by atoms with E-state index in [1.54, 1.807) is 5.32 Å². The molecule has 0 unspecified atom stereocenters. The van der Waals surface area contributed by atoms with Gasteiger partial charge in [0.1, 0.15) is 12.1 Å². The predicted molar refractivity (Wildman–Crippen MR) is 140 cm³/mol. The summed E-state index contributed by atoms with van der Waals surface area (Å²) in [6.07, 6.45) is -3.60. The lowest BCUT2D eigenvalue weighted by molar-refractivity contribution is -0.196. The van der Waals surface area contributed by atoms with E-state index in [4.69, 9.17) is 0 Å². The van der Waals surface area contributed by atoms with Crippen LogP contribution in [0, 0.1) is 17.8 Å².